The van der Waals surface area contributed by atoms with Crippen molar-refractivity contribution in [2.75, 3.05) is 6.61 Å². The van der Waals surface area contributed by atoms with Gasteiger partial charge in [0.05, 0.1) is 6.61 Å². The molecule has 3 nitrogen and oxygen atoms in total. The summed E-state index contributed by atoms with van der Waals surface area (Å²) in [5.74, 6) is 0.513. The average Bonchev–Trinajstić information content (AvgIpc) is 2.94. The van der Waals surface area contributed by atoms with Crippen molar-refractivity contribution in [2.24, 2.45) is 0 Å². The van der Waals surface area contributed by atoms with E-state index in [0.29, 0.717) is 18.1 Å². The molecule has 0 N–H and O–H groups in total. The van der Waals surface area contributed by atoms with Gasteiger partial charge in [0, 0.05) is 22.6 Å². The molecule has 0 saturated carbocycles. The summed E-state index contributed by atoms with van der Waals surface area (Å²) in [4.78, 5) is 12.4. The highest BCUT2D eigenvalue weighted by Gasteiger charge is 2.25. The molecule has 1 heterocycles. The summed E-state index contributed by atoms with van der Waals surface area (Å²) in [6.45, 7) is 3.95. The fourth-order valence-corrected chi connectivity index (χ4v) is 2.98. The Balaban J connectivity index is 2.13. The van der Waals surface area contributed by atoms with Crippen LogP contribution >= 0.6 is 11.6 Å². The minimum absolute atomic E-state index is 0.243. The molecule has 3 rings (SSSR count). The first-order chi connectivity index (χ1) is 12.1. The molecule has 0 aliphatic rings. The molecule has 0 aliphatic carbocycles. The van der Waals surface area contributed by atoms with Crippen LogP contribution in [0.4, 0.5) is 0 Å². The van der Waals surface area contributed by atoms with Gasteiger partial charge in [-0.25, -0.2) is 4.79 Å². The lowest BCUT2D eigenvalue weighted by Crippen LogP contribution is -2.05. The molecule has 0 saturated heterocycles. The van der Waals surface area contributed by atoms with E-state index in [1.807, 2.05) is 37.3 Å². The number of halogens is 1. The van der Waals surface area contributed by atoms with Crippen LogP contribution in [0, 0.1) is 6.92 Å². The number of furan rings is 1. The van der Waals surface area contributed by atoms with Crippen molar-refractivity contribution in [3.8, 4) is 11.1 Å². The summed E-state index contributed by atoms with van der Waals surface area (Å²) in [6.07, 6.45) is 0.674. The summed E-state index contributed by atoms with van der Waals surface area (Å²) in [5, 5.41) is 0.645. The molecule has 0 atom stereocenters. The van der Waals surface area contributed by atoms with Crippen molar-refractivity contribution in [3.05, 3.63) is 82.3 Å². The number of carbonyl (C=O) groups excluding carboxylic acids is 1. The van der Waals surface area contributed by atoms with Crippen LogP contribution in [0.1, 0.15) is 34.4 Å². The van der Waals surface area contributed by atoms with Crippen LogP contribution in [0.2, 0.25) is 5.02 Å². The first kappa shape index (κ1) is 17.3. The Kier molecular flexibility index (Phi) is 5.25. The third-order valence-corrected chi connectivity index (χ3v) is 4.28. The predicted octanol–water partition coefficient (Wildman–Crippen LogP) is 5.68. The van der Waals surface area contributed by atoms with E-state index in [9.17, 15) is 4.79 Å². The Morgan fingerprint density at radius 1 is 1.08 bits per heavy atom. The zero-order valence-corrected chi connectivity index (χ0v) is 15.0. The van der Waals surface area contributed by atoms with Crippen LogP contribution in [0.5, 0.6) is 0 Å². The van der Waals surface area contributed by atoms with Crippen LogP contribution in [-0.2, 0) is 11.2 Å². The predicted molar refractivity (Wildman–Crippen MR) is 99.1 cm³/mol. The first-order valence-electron chi connectivity index (χ1n) is 8.19. The quantitative estimate of drug-likeness (QED) is 0.553. The number of rotatable bonds is 5. The van der Waals surface area contributed by atoms with Crippen molar-refractivity contribution in [1.82, 2.24) is 0 Å². The maximum Gasteiger partial charge on any atom is 0.374 e. The van der Waals surface area contributed by atoms with Crippen molar-refractivity contribution < 1.29 is 13.9 Å². The number of benzene rings is 2. The third-order valence-electron chi connectivity index (χ3n) is 4.03. The molecule has 3 aromatic rings. The molecule has 0 bridgehead atoms. The van der Waals surface area contributed by atoms with Crippen molar-refractivity contribution >= 4 is 17.6 Å². The van der Waals surface area contributed by atoms with Gasteiger partial charge >= 0.3 is 5.97 Å². The number of hydrogen-bond acceptors (Lipinski definition) is 3. The molecule has 0 radical (unpaired) electrons. The zero-order valence-electron chi connectivity index (χ0n) is 14.2. The molecular weight excluding hydrogens is 336 g/mol. The third kappa shape index (κ3) is 3.77. The minimum atomic E-state index is -0.449. The van der Waals surface area contributed by atoms with E-state index in [4.69, 9.17) is 20.8 Å². The van der Waals surface area contributed by atoms with Crippen LogP contribution in [0.25, 0.3) is 11.1 Å². The first-order valence-corrected chi connectivity index (χ1v) is 8.57. The molecule has 2 aromatic carbocycles. The lowest BCUT2D eigenvalue weighted by atomic mass is 9.95. The average molecular weight is 355 g/mol. The van der Waals surface area contributed by atoms with E-state index in [-0.39, 0.29) is 5.76 Å². The van der Waals surface area contributed by atoms with E-state index < -0.39 is 5.97 Å². The summed E-state index contributed by atoms with van der Waals surface area (Å²) in [5.41, 5.74) is 3.79. The van der Waals surface area contributed by atoms with Gasteiger partial charge in [-0.05, 0) is 37.1 Å². The normalized spacial score (nSPS) is 10.7. The highest BCUT2D eigenvalue weighted by molar-refractivity contribution is 6.30. The zero-order chi connectivity index (χ0) is 17.8. The molecule has 0 spiro atoms. The maximum absolute atomic E-state index is 12.4. The smallest absolute Gasteiger partial charge is 0.374 e. The van der Waals surface area contributed by atoms with Crippen molar-refractivity contribution in [3.63, 3.8) is 0 Å². The van der Waals surface area contributed by atoms with Gasteiger partial charge < -0.3 is 9.15 Å². The lowest BCUT2D eigenvalue weighted by molar-refractivity contribution is 0.0490. The second kappa shape index (κ2) is 7.58. The molecule has 1 aromatic heterocycles. The number of ether oxygens (including phenoxy) is 1. The number of aryl methyl sites for hydroxylation is 1. The molecule has 0 unspecified atom stereocenters. The topological polar surface area (TPSA) is 39.4 Å². The van der Waals surface area contributed by atoms with Gasteiger partial charge in [0.15, 0.2) is 0 Å². The van der Waals surface area contributed by atoms with Gasteiger partial charge in [-0.15, -0.1) is 0 Å². The van der Waals surface area contributed by atoms with Gasteiger partial charge in [0.25, 0.3) is 0 Å². The molecule has 128 valence electrons. The number of hydrogen-bond donors (Lipinski definition) is 0. The van der Waals surface area contributed by atoms with Gasteiger partial charge in [-0.1, -0.05) is 54.1 Å². The van der Waals surface area contributed by atoms with Crippen LogP contribution in [-0.4, -0.2) is 12.6 Å². The summed E-state index contributed by atoms with van der Waals surface area (Å²) < 4.78 is 11.0. The molecule has 4 heteroatoms. The van der Waals surface area contributed by atoms with Gasteiger partial charge in [0.1, 0.15) is 5.76 Å². The SMILES string of the molecule is CCOC(=O)c1oc(C)c(Cc2ccccc2)c1-c1ccc(Cl)cc1. The Bertz CT molecular complexity index is 864. The molecule has 0 aliphatic heterocycles. The van der Waals surface area contributed by atoms with Crippen LogP contribution in [0.3, 0.4) is 0 Å². The summed E-state index contributed by atoms with van der Waals surface area (Å²) >= 11 is 6.01. The Morgan fingerprint density at radius 2 is 1.76 bits per heavy atom. The van der Waals surface area contributed by atoms with E-state index >= 15 is 0 Å². The Morgan fingerprint density at radius 3 is 2.40 bits per heavy atom. The van der Waals surface area contributed by atoms with Crippen LogP contribution < -0.4 is 0 Å². The second-order valence-corrected chi connectivity index (χ2v) is 6.17. The fourth-order valence-electron chi connectivity index (χ4n) is 2.85. The van der Waals surface area contributed by atoms with Gasteiger partial charge in [-0.3, -0.25) is 0 Å². The highest BCUT2D eigenvalue weighted by atomic mass is 35.5. The van der Waals surface area contributed by atoms with Gasteiger partial charge in [0.2, 0.25) is 5.76 Å². The highest BCUT2D eigenvalue weighted by Crippen LogP contribution is 2.35. The molecule has 25 heavy (non-hydrogen) atoms. The maximum atomic E-state index is 12.4. The second-order valence-electron chi connectivity index (χ2n) is 5.73. The van der Waals surface area contributed by atoms with E-state index in [1.54, 1.807) is 19.1 Å². The fraction of sp³-hybridized carbons (Fsp3) is 0.190. The summed E-state index contributed by atoms with van der Waals surface area (Å²) in [6, 6.07) is 17.5. The monoisotopic (exact) mass is 354 g/mol. The van der Waals surface area contributed by atoms with Gasteiger partial charge in [-0.2, -0.15) is 0 Å². The standard InChI is InChI=1S/C21H19ClO3/c1-3-24-21(23)20-19(16-9-11-17(22)12-10-16)18(14(2)25-20)13-15-7-5-4-6-8-15/h4-12H,3,13H2,1-2H3. The molecular formula is C21H19ClO3. The Labute approximate surface area is 152 Å². The minimum Gasteiger partial charge on any atom is -0.460 e. The number of carbonyl (C=O) groups is 1. The summed E-state index contributed by atoms with van der Waals surface area (Å²) in [7, 11) is 0. The van der Waals surface area contributed by atoms with E-state index in [2.05, 4.69) is 12.1 Å². The van der Waals surface area contributed by atoms with E-state index in [1.165, 1.54) is 0 Å². The van der Waals surface area contributed by atoms with Crippen molar-refractivity contribution in [1.29, 1.82) is 0 Å². The number of esters is 1. The van der Waals surface area contributed by atoms with Crippen LogP contribution in [0.15, 0.2) is 59.0 Å². The largest absolute Gasteiger partial charge is 0.460 e. The molecule has 0 fully saturated rings. The van der Waals surface area contributed by atoms with E-state index in [0.717, 1.165) is 28.0 Å². The molecule has 0 amide bonds. The Hall–Kier alpha value is -2.52. The van der Waals surface area contributed by atoms with Crippen molar-refractivity contribution in [2.45, 2.75) is 20.3 Å². The lowest BCUT2D eigenvalue weighted by Gasteiger charge is -2.07.